The zero-order valence-corrected chi connectivity index (χ0v) is 12.4. The van der Waals surface area contributed by atoms with Crippen LogP contribution < -0.4 is 0 Å². The third-order valence-corrected chi connectivity index (χ3v) is 4.94. The van der Waals surface area contributed by atoms with E-state index in [-0.39, 0.29) is 9.92 Å². The van der Waals surface area contributed by atoms with Gasteiger partial charge in [-0.05, 0) is 25.1 Å². The standard InChI is InChI=1S/C15H13ClO3S/c1-11-5-4-6-12(9-11)14(17)10-20(18,19)15-8-3-2-7-13(15)16/h2-9H,10H2,1H3. The highest BCUT2D eigenvalue weighted by Crippen LogP contribution is 2.22. The van der Waals surface area contributed by atoms with Crippen molar-refractivity contribution in [2.24, 2.45) is 0 Å². The number of halogens is 1. The van der Waals surface area contributed by atoms with E-state index in [0.717, 1.165) is 5.56 Å². The maximum Gasteiger partial charge on any atom is 0.187 e. The fraction of sp³-hybridized carbons (Fsp3) is 0.133. The third-order valence-electron chi connectivity index (χ3n) is 2.83. The van der Waals surface area contributed by atoms with Gasteiger partial charge in [0.15, 0.2) is 15.6 Å². The molecule has 0 aromatic heterocycles. The van der Waals surface area contributed by atoms with Crippen LogP contribution in [0.3, 0.4) is 0 Å². The Balaban J connectivity index is 2.30. The van der Waals surface area contributed by atoms with E-state index in [2.05, 4.69) is 0 Å². The SMILES string of the molecule is Cc1cccc(C(=O)CS(=O)(=O)c2ccccc2Cl)c1. The van der Waals surface area contributed by atoms with Crippen LogP contribution in [0.25, 0.3) is 0 Å². The lowest BCUT2D eigenvalue weighted by Crippen LogP contribution is -2.16. The first-order chi connectivity index (χ1) is 9.40. The lowest BCUT2D eigenvalue weighted by atomic mass is 10.1. The van der Waals surface area contributed by atoms with Crippen molar-refractivity contribution in [2.45, 2.75) is 11.8 Å². The molecule has 0 aliphatic heterocycles. The first-order valence-electron chi connectivity index (χ1n) is 5.97. The molecule has 0 saturated heterocycles. The van der Waals surface area contributed by atoms with Gasteiger partial charge in [0.1, 0.15) is 5.75 Å². The molecule has 3 nitrogen and oxygen atoms in total. The van der Waals surface area contributed by atoms with Crippen LogP contribution in [-0.2, 0) is 9.84 Å². The van der Waals surface area contributed by atoms with Crippen molar-refractivity contribution < 1.29 is 13.2 Å². The van der Waals surface area contributed by atoms with Crippen LogP contribution in [0.4, 0.5) is 0 Å². The van der Waals surface area contributed by atoms with Crippen LogP contribution in [-0.4, -0.2) is 20.0 Å². The molecular weight excluding hydrogens is 296 g/mol. The number of hydrogen-bond donors (Lipinski definition) is 0. The van der Waals surface area contributed by atoms with Crippen molar-refractivity contribution >= 4 is 27.2 Å². The Labute approximate surface area is 123 Å². The summed E-state index contributed by atoms with van der Waals surface area (Å²) >= 11 is 5.87. The van der Waals surface area contributed by atoms with Gasteiger partial charge in [0.25, 0.3) is 0 Å². The molecule has 2 rings (SSSR count). The van der Waals surface area contributed by atoms with Gasteiger partial charge in [0.05, 0.1) is 9.92 Å². The van der Waals surface area contributed by atoms with E-state index in [1.165, 1.54) is 12.1 Å². The van der Waals surface area contributed by atoms with Crippen LogP contribution >= 0.6 is 11.6 Å². The summed E-state index contributed by atoms with van der Waals surface area (Å²) in [6.45, 7) is 1.85. The molecule has 0 saturated carbocycles. The highest BCUT2D eigenvalue weighted by Gasteiger charge is 2.22. The molecule has 2 aromatic carbocycles. The van der Waals surface area contributed by atoms with E-state index in [0.29, 0.717) is 5.56 Å². The summed E-state index contributed by atoms with van der Waals surface area (Å²) in [5, 5.41) is 0.129. The summed E-state index contributed by atoms with van der Waals surface area (Å²) in [4.78, 5) is 12.1. The van der Waals surface area contributed by atoms with Crippen molar-refractivity contribution in [1.82, 2.24) is 0 Å². The molecule has 20 heavy (non-hydrogen) atoms. The predicted octanol–water partition coefficient (Wildman–Crippen LogP) is 3.31. The largest absolute Gasteiger partial charge is 0.293 e. The molecule has 0 bridgehead atoms. The Hall–Kier alpha value is -1.65. The first-order valence-corrected chi connectivity index (χ1v) is 8.00. The fourth-order valence-corrected chi connectivity index (χ4v) is 3.66. The molecule has 0 radical (unpaired) electrons. The lowest BCUT2D eigenvalue weighted by molar-refractivity contribution is 0.102. The van der Waals surface area contributed by atoms with Gasteiger partial charge in [-0.2, -0.15) is 0 Å². The molecule has 5 heteroatoms. The van der Waals surface area contributed by atoms with E-state index in [1.54, 1.807) is 30.3 Å². The quantitative estimate of drug-likeness (QED) is 0.814. The van der Waals surface area contributed by atoms with Gasteiger partial charge >= 0.3 is 0 Å². The molecule has 0 atom stereocenters. The van der Waals surface area contributed by atoms with Gasteiger partial charge in [-0.1, -0.05) is 47.5 Å². The van der Waals surface area contributed by atoms with E-state index in [1.807, 2.05) is 13.0 Å². The van der Waals surface area contributed by atoms with E-state index >= 15 is 0 Å². The Morgan fingerprint density at radius 3 is 2.45 bits per heavy atom. The molecule has 0 spiro atoms. The minimum atomic E-state index is -3.73. The summed E-state index contributed by atoms with van der Waals surface area (Å²) in [6.07, 6.45) is 0. The Morgan fingerprint density at radius 1 is 1.10 bits per heavy atom. The molecule has 0 amide bonds. The minimum Gasteiger partial charge on any atom is -0.293 e. The number of hydrogen-bond acceptors (Lipinski definition) is 3. The number of sulfone groups is 1. The summed E-state index contributed by atoms with van der Waals surface area (Å²) in [6, 6.07) is 13.0. The predicted molar refractivity (Wildman–Crippen MR) is 79.0 cm³/mol. The maximum absolute atomic E-state index is 12.2. The van der Waals surface area contributed by atoms with Gasteiger partial charge in [0.2, 0.25) is 0 Å². The number of rotatable bonds is 4. The monoisotopic (exact) mass is 308 g/mol. The molecule has 0 heterocycles. The molecule has 0 aliphatic carbocycles. The van der Waals surface area contributed by atoms with Gasteiger partial charge < -0.3 is 0 Å². The average molecular weight is 309 g/mol. The molecule has 0 N–H and O–H groups in total. The summed E-state index contributed by atoms with van der Waals surface area (Å²) in [5.41, 5.74) is 1.30. The van der Waals surface area contributed by atoms with Crippen LogP contribution in [0, 0.1) is 6.92 Å². The smallest absolute Gasteiger partial charge is 0.187 e. The minimum absolute atomic E-state index is 0.0114. The molecule has 0 unspecified atom stereocenters. The molecular formula is C15H13ClO3S. The number of benzene rings is 2. The Bertz CT molecular complexity index is 751. The van der Waals surface area contributed by atoms with Gasteiger partial charge in [0, 0.05) is 5.56 Å². The van der Waals surface area contributed by atoms with Gasteiger partial charge in [-0.15, -0.1) is 0 Å². The second kappa shape index (κ2) is 5.77. The number of carbonyl (C=O) groups excluding carboxylic acids is 1. The summed E-state index contributed by atoms with van der Waals surface area (Å²) in [5.74, 6) is -1.02. The summed E-state index contributed by atoms with van der Waals surface area (Å²) in [7, 11) is -3.73. The number of Topliss-reactive ketones (excluding diaryl/α,β-unsaturated/α-hetero) is 1. The molecule has 0 aliphatic rings. The number of carbonyl (C=O) groups is 1. The molecule has 2 aromatic rings. The van der Waals surface area contributed by atoms with Crippen molar-refractivity contribution in [2.75, 3.05) is 5.75 Å². The van der Waals surface area contributed by atoms with E-state index < -0.39 is 21.4 Å². The highest BCUT2D eigenvalue weighted by atomic mass is 35.5. The Morgan fingerprint density at radius 2 is 1.80 bits per heavy atom. The second-order valence-corrected chi connectivity index (χ2v) is 6.85. The topological polar surface area (TPSA) is 51.2 Å². The van der Waals surface area contributed by atoms with Gasteiger partial charge in [-0.25, -0.2) is 8.42 Å². The van der Waals surface area contributed by atoms with E-state index in [9.17, 15) is 13.2 Å². The number of aryl methyl sites for hydroxylation is 1. The van der Waals surface area contributed by atoms with E-state index in [4.69, 9.17) is 11.6 Å². The zero-order valence-electron chi connectivity index (χ0n) is 10.8. The lowest BCUT2D eigenvalue weighted by Gasteiger charge is -2.06. The third kappa shape index (κ3) is 3.26. The summed E-state index contributed by atoms with van der Waals surface area (Å²) < 4.78 is 24.4. The van der Waals surface area contributed by atoms with Crippen molar-refractivity contribution in [3.8, 4) is 0 Å². The van der Waals surface area contributed by atoms with Gasteiger partial charge in [-0.3, -0.25) is 4.79 Å². The van der Waals surface area contributed by atoms with Crippen LogP contribution in [0.5, 0.6) is 0 Å². The molecule has 0 fully saturated rings. The normalized spacial score (nSPS) is 11.3. The fourth-order valence-electron chi connectivity index (χ4n) is 1.85. The Kier molecular flexibility index (Phi) is 4.26. The highest BCUT2D eigenvalue weighted by molar-refractivity contribution is 7.92. The number of ketones is 1. The van der Waals surface area contributed by atoms with Crippen LogP contribution in [0.1, 0.15) is 15.9 Å². The maximum atomic E-state index is 12.2. The average Bonchev–Trinajstić information content (AvgIpc) is 2.38. The van der Waals surface area contributed by atoms with Crippen LogP contribution in [0.15, 0.2) is 53.4 Å². The van der Waals surface area contributed by atoms with Crippen molar-refractivity contribution in [3.63, 3.8) is 0 Å². The van der Waals surface area contributed by atoms with Crippen molar-refractivity contribution in [3.05, 3.63) is 64.7 Å². The zero-order chi connectivity index (χ0) is 14.8. The van der Waals surface area contributed by atoms with Crippen LogP contribution in [0.2, 0.25) is 5.02 Å². The second-order valence-electron chi connectivity index (χ2n) is 4.48. The van der Waals surface area contributed by atoms with Crippen molar-refractivity contribution in [1.29, 1.82) is 0 Å². The molecule has 104 valence electrons. The first kappa shape index (κ1) is 14.8.